The number of imidazole rings is 1. The first-order chi connectivity index (χ1) is 17.6. The Labute approximate surface area is 208 Å². The van der Waals surface area contributed by atoms with E-state index in [-0.39, 0.29) is 5.54 Å². The number of nitrogens with one attached hydrogen (secondary N) is 1. The van der Waals surface area contributed by atoms with Gasteiger partial charge < -0.3 is 24.1 Å². The maximum atomic E-state index is 5.51. The summed E-state index contributed by atoms with van der Waals surface area (Å²) >= 11 is 0. The summed E-state index contributed by atoms with van der Waals surface area (Å²) in [6.45, 7) is 0. The number of hydrogen-bond donors (Lipinski definition) is 1. The molecule has 1 aromatic carbocycles. The van der Waals surface area contributed by atoms with Gasteiger partial charge in [-0.3, -0.25) is 0 Å². The standard InChI is InChI=1S/C26H29N7O3/c1-34-19-7-17(8-20(35-2)23(19)36-3)32-13-22(27-14-32)30-24-18-12-28-33(26-9-16(10-26)11-26)25(18)31-21(29-24)6-15-4-5-15/h7-8,12-16H,4-6,9-11H2,1-3H3,(H,29,30,31). The molecule has 2 bridgehead atoms. The Balaban J connectivity index is 1.24. The average Bonchev–Trinajstić information content (AvgIpc) is 3.35. The Morgan fingerprint density at radius 1 is 1.03 bits per heavy atom. The molecule has 4 aromatic rings. The SMILES string of the molecule is COc1cc(-n2cnc(Nc3nc(CC4CC4)nc4c3cnn4C34CC(C3)C4)c2)cc(OC)c1OC. The predicted molar refractivity (Wildman–Crippen MR) is 134 cm³/mol. The normalized spacial score (nSPS) is 22.1. The average molecular weight is 488 g/mol. The second kappa shape index (κ2) is 7.84. The van der Waals surface area contributed by atoms with Crippen LogP contribution in [0.1, 0.15) is 37.9 Å². The minimum absolute atomic E-state index is 0.170. The van der Waals surface area contributed by atoms with Crippen LogP contribution >= 0.6 is 0 Å². The molecule has 1 N–H and O–H groups in total. The molecule has 0 atom stereocenters. The van der Waals surface area contributed by atoms with E-state index >= 15 is 0 Å². The van der Waals surface area contributed by atoms with Crippen molar-refractivity contribution < 1.29 is 14.2 Å². The fourth-order valence-corrected chi connectivity index (χ4v) is 5.63. The molecule has 0 aliphatic heterocycles. The van der Waals surface area contributed by atoms with Crippen molar-refractivity contribution in [2.24, 2.45) is 11.8 Å². The van der Waals surface area contributed by atoms with Crippen LogP contribution < -0.4 is 19.5 Å². The van der Waals surface area contributed by atoms with Crippen LogP contribution in [-0.4, -0.2) is 50.6 Å². The smallest absolute Gasteiger partial charge is 0.203 e. The topological polar surface area (TPSA) is 101 Å². The van der Waals surface area contributed by atoms with E-state index in [2.05, 4.69) is 15.0 Å². The summed E-state index contributed by atoms with van der Waals surface area (Å²) in [5.74, 6) is 5.59. The third-order valence-corrected chi connectivity index (χ3v) is 7.87. The Kier molecular flexibility index (Phi) is 4.67. The van der Waals surface area contributed by atoms with Gasteiger partial charge in [0.05, 0.1) is 50.3 Å². The first kappa shape index (κ1) is 21.5. The molecule has 0 saturated heterocycles. The zero-order valence-corrected chi connectivity index (χ0v) is 20.7. The fraction of sp³-hybridized carbons (Fsp3) is 0.462. The summed E-state index contributed by atoms with van der Waals surface area (Å²) in [6, 6.07) is 3.77. The number of methoxy groups -OCH3 is 3. The molecule has 3 heterocycles. The van der Waals surface area contributed by atoms with Gasteiger partial charge in [-0.15, -0.1) is 0 Å². The molecule has 4 saturated carbocycles. The van der Waals surface area contributed by atoms with E-state index in [1.807, 2.05) is 29.1 Å². The van der Waals surface area contributed by atoms with E-state index in [9.17, 15) is 0 Å². The first-order valence-electron chi connectivity index (χ1n) is 12.5. The van der Waals surface area contributed by atoms with Crippen LogP contribution in [0.15, 0.2) is 30.9 Å². The summed E-state index contributed by atoms with van der Waals surface area (Å²) in [5.41, 5.74) is 1.94. The Hall–Kier alpha value is -3.82. The molecule has 186 valence electrons. The second-order valence-corrected chi connectivity index (χ2v) is 10.3. The molecule has 4 fully saturated rings. The molecule has 10 nitrogen and oxygen atoms in total. The molecule has 0 unspecified atom stereocenters. The van der Waals surface area contributed by atoms with Crippen molar-refractivity contribution in [3.05, 3.63) is 36.7 Å². The highest BCUT2D eigenvalue weighted by Gasteiger charge is 2.59. The molecule has 0 spiro atoms. The van der Waals surface area contributed by atoms with Gasteiger partial charge in [-0.1, -0.05) is 0 Å². The Morgan fingerprint density at radius 3 is 2.39 bits per heavy atom. The largest absolute Gasteiger partial charge is 0.493 e. The molecular weight excluding hydrogens is 458 g/mol. The van der Waals surface area contributed by atoms with Crippen molar-refractivity contribution in [1.29, 1.82) is 0 Å². The van der Waals surface area contributed by atoms with Gasteiger partial charge in [-0.2, -0.15) is 5.10 Å². The first-order valence-corrected chi connectivity index (χ1v) is 12.5. The van der Waals surface area contributed by atoms with Crippen molar-refractivity contribution in [2.45, 2.75) is 44.1 Å². The number of nitrogens with zero attached hydrogens (tertiary/aromatic N) is 6. The number of anilines is 2. The number of rotatable bonds is 9. The molecular formula is C26H29N7O3. The van der Waals surface area contributed by atoms with Crippen molar-refractivity contribution in [1.82, 2.24) is 29.3 Å². The third kappa shape index (κ3) is 3.30. The van der Waals surface area contributed by atoms with Crippen LogP contribution in [0, 0.1) is 11.8 Å². The molecule has 36 heavy (non-hydrogen) atoms. The molecule has 4 aliphatic rings. The quantitative estimate of drug-likeness (QED) is 0.374. The van der Waals surface area contributed by atoms with Crippen molar-refractivity contribution in [3.63, 3.8) is 0 Å². The summed E-state index contributed by atoms with van der Waals surface area (Å²) < 4.78 is 20.5. The second-order valence-electron chi connectivity index (χ2n) is 10.3. The maximum Gasteiger partial charge on any atom is 0.203 e. The number of fused-ring (bicyclic) bond motifs is 1. The number of aromatic nitrogens is 6. The molecule has 3 aromatic heterocycles. The van der Waals surface area contributed by atoms with Crippen LogP contribution in [0.4, 0.5) is 11.6 Å². The fourth-order valence-electron chi connectivity index (χ4n) is 5.63. The summed E-state index contributed by atoms with van der Waals surface area (Å²) in [7, 11) is 4.80. The highest BCUT2D eigenvalue weighted by atomic mass is 16.5. The summed E-state index contributed by atoms with van der Waals surface area (Å²) in [5, 5.41) is 9.15. The van der Waals surface area contributed by atoms with Gasteiger partial charge in [-0.25, -0.2) is 19.6 Å². The molecule has 10 heteroatoms. The van der Waals surface area contributed by atoms with Crippen LogP contribution in [0.5, 0.6) is 17.2 Å². The summed E-state index contributed by atoms with van der Waals surface area (Å²) in [4.78, 5) is 14.5. The van der Waals surface area contributed by atoms with E-state index in [1.54, 1.807) is 27.7 Å². The maximum absolute atomic E-state index is 5.51. The van der Waals surface area contributed by atoms with E-state index in [0.29, 0.717) is 29.0 Å². The molecule has 0 radical (unpaired) electrons. The van der Waals surface area contributed by atoms with Gasteiger partial charge in [0.25, 0.3) is 0 Å². The van der Waals surface area contributed by atoms with Gasteiger partial charge in [0, 0.05) is 18.6 Å². The Morgan fingerprint density at radius 2 is 1.78 bits per heavy atom. The highest BCUT2D eigenvalue weighted by molar-refractivity contribution is 5.88. The van der Waals surface area contributed by atoms with Gasteiger partial charge in [0.15, 0.2) is 17.1 Å². The Bertz CT molecular complexity index is 1430. The van der Waals surface area contributed by atoms with Crippen LogP contribution in [0.3, 0.4) is 0 Å². The molecule has 0 amide bonds. The van der Waals surface area contributed by atoms with Gasteiger partial charge in [0.2, 0.25) is 5.75 Å². The molecule has 8 rings (SSSR count). The van der Waals surface area contributed by atoms with Gasteiger partial charge in [0.1, 0.15) is 23.8 Å². The van der Waals surface area contributed by atoms with Crippen LogP contribution in [0.2, 0.25) is 0 Å². The van der Waals surface area contributed by atoms with Crippen molar-refractivity contribution in [3.8, 4) is 22.9 Å². The van der Waals surface area contributed by atoms with E-state index in [1.165, 1.54) is 32.1 Å². The van der Waals surface area contributed by atoms with E-state index in [0.717, 1.165) is 40.7 Å². The number of hydrogen-bond acceptors (Lipinski definition) is 8. The zero-order chi connectivity index (χ0) is 24.4. The lowest BCUT2D eigenvalue weighted by Crippen LogP contribution is -2.59. The zero-order valence-electron chi connectivity index (χ0n) is 20.7. The minimum Gasteiger partial charge on any atom is -0.493 e. The number of ether oxygens (including phenoxy) is 3. The number of benzene rings is 1. The lowest BCUT2D eigenvalue weighted by molar-refractivity contribution is -0.0948. The lowest BCUT2D eigenvalue weighted by Gasteiger charge is -2.61. The minimum atomic E-state index is 0.170. The van der Waals surface area contributed by atoms with Crippen molar-refractivity contribution in [2.75, 3.05) is 26.6 Å². The molecule has 4 aliphatic carbocycles. The summed E-state index contributed by atoms with van der Waals surface area (Å²) in [6.07, 6.45) is 12.6. The van der Waals surface area contributed by atoms with Crippen molar-refractivity contribution >= 4 is 22.7 Å². The predicted octanol–water partition coefficient (Wildman–Crippen LogP) is 4.24. The van der Waals surface area contributed by atoms with Crippen LogP contribution in [-0.2, 0) is 12.0 Å². The lowest BCUT2D eigenvalue weighted by atomic mass is 9.50. The monoisotopic (exact) mass is 487 g/mol. The highest BCUT2D eigenvalue weighted by Crippen LogP contribution is 2.62. The van der Waals surface area contributed by atoms with Gasteiger partial charge in [-0.05, 0) is 43.9 Å². The van der Waals surface area contributed by atoms with Gasteiger partial charge >= 0.3 is 0 Å². The van der Waals surface area contributed by atoms with E-state index < -0.39 is 0 Å². The van der Waals surface area contributed by atoms with E-state index in [4.69, 9.17) is 29.3 Å². The van der Waals surface area contributed by atoms with Crippen LogP contribution in [0.25, 0.3) is 16.7 Å². The third-order valence-electron chi connectivity index (χ3n) is 7.87.